The zero-order valence-electron chi connectivity index (χ0n) is 21.3. The minimum Gasteiger partial charge on any atom is -0.390 e. The summed E-state index contributed by atoms with van der Waals surface area (Å²) in [7, 11) is 1.73. The van der Waals surface area contributed by atoms with Crippen molar-refractivity contribution in [2.24, 2.45) is 46.3 Å². The van der Waals surface area contributed by atoms with Crippen LogP contribution in [0.1, 0.15) is 105 Å². The van der Waals surface area contributed by atoms with Crippen LogP contribution in [0.25, 0.3) is 0 Å². The lowest BCUT2D eigenvalue weighted by molar-refractivity contribution is -0.163. The fraction of sp³-hybridized carbons (Fsp3) is 1.00. The standard InChI is InChI=1S/C28H50O3/c1-19(11-13-25(2,3)29)22-9-10-23-21-8-7-20-17-28(30,18-31-6)16-15-26(20,4)24(21)12-14-27(22,23)5/h19-24,29-30H,7-18H2,1-6H3/t19-,20-,21?,22-,23?,24?,26+,27-,28+/m1/s1. The first-order chi connectivity index (χ1) is 14.4. The van der Waals surface area contributed by atoms with Gasteiger partial charge >= 0.3 is 0 Å². The second-order valence-electron chi connectivity index (χ2n) is 13.6. The Morgan fingerprint density at radius 3 is 2.35 bits per heavy atom. The molecule has 0 saturated heterocycles. The van der Waals surface area contributed by atoms with Crippen molar-refractivity contribution >= 4 is 0 Å². The number of fused-ring (bicyclic) bond motifs is 5. The summed E-state index contributed by atoms with van der Waals surface area (Å²) in [4.78, 5) is 0. The van der Waals surface area contributed by atoms with Gasteiger partial charge in [0.2, 0.25) is 0 Å². The van der Waals surface area contributed by atoms with Crippen molar-refractivity contribution in [3.63, 3.8) is 0 Å². The summed E-state index contributed by atoms with van der Waals surface area (Å²) >= 11 is 0. The molecule has 0 amide bonds. The number of aliphatic hydroxyl groups is 2. The molecule has 4 aliphatic carbocycles. The molecule has 4 fully saturated rings. The fourth-order valence-corrected chi connectivity index (χ4v) is 9.48. The van der Waals surface area contributed by atoms with Crippen LogP contribution in [0.2, 0.25) is 0 Å². The molecule has 0 aromatic rings. The zero-order valence-corrected chi connectivity index (χ0v) is 21.3. The molecule has 0 aliphatic heterocycles. The Morgan fingerprint density at radius 1 is 0.968 bits per heavy atom. The van der Waals surface area contributed by atoms with E-state index in [-0.39, 0.29) is 0 Å². The van der Waals surface area contributed by atoms with Gasteiger partial charge in [-0.3, -0.25) is 0 Å². The molecule has 3 heteroatoms. The summed E-state index contributed by atoms with van der Waals surface area (Å²) in [6.45, 7) is 12.1. The molecule has 9 atom stereocenters. The number of hydrogen-bond donors (Lipinski definition) is 2. The average molecular weight is 435 g/mol. The van der Waals surface area contributed by atoms with E-state index >= 15 is 0 Å². The van der Waals surface area contributed by atoms with Crippen LogP contribution in [-0.4, -0.2) is 35.1 Å². The molecule has 4 rings (SSSR count). The molecule has 0 bridgehead atoms. The van der Waals surface area contributed by atoms with Crippen LogP contribution < -0.4 is 0 Å². The first kappa shape index (κ1) is 24.0. The topological polar surface area (TPSA) is 49.7 Å². The van der Waals surface area contributed by atoms with Crippen molar-refractivity contribution in [1.82, 2.24) is 0 Å². The van der Waals surface area contributed by atoms with E-state index in [4.69, 9.17) is 4.74 Å². The van der Waals surface area contributed by atoms with Gasteiger partial charge in [0.05, 0.1) is 17.8 Å². The van der Waals surface area contributed by atoms with Crippen molar-refractivity contribution in [2.45, 2.75) is 116 Å². The molecule has 4 aliphatic rings. The Bertz CT molecular complexity index is 641. The Kier molecular flexibility index (Phi) is 6.41. The molecule has 0 spiro atoms. The molecular formula is C28H50O3. The summed E-state index contributed by atoms with van der Waals surface area (Å²) in [5, 5.41) is 21.3. The Morgan fingerprint density at radius 2 is 1.68 bits per heavy atom. The van der Waals surface area contributed by atoms with Gasteiger partial charge in [-0.1, -0.05) is 20.8 Å². The van der Waals surface area contributed by atoms with Gasteiger partial charge in [0, 0.05) is 7.11 Å². The third-order valence-corrected chi connectivity index (χ3v) is 11.2. The second-order valence-corrected chi connectivity index (χ2v) is 13.6. The highest BCUT2D eigenvalue weighted by molar-refractivity contribution is 5.11. The Hall–Kier alpha value is -0.120. The number of ether oxygens (including phenoxy) is 1. The van der Waals surface area contributed by atoms with Crippen LogP contribution in [0.4, 0.5) is 0 Å². The summed E-state index contributed by atoms with van der Waals surface area (Å²) in [5.74, 6) is 4.82. The summed E-state index contributed by atoms with van der Waals surface area (Å²) < 4.78 is 5.38. The molecule has 0 aromatic heterocycles. The average Bonchev–Trinajstić information content (AvgIpc) is 3.04. The van der Waals surface area contributed by atoms with E-state index in [9.17, 15) is 10.2 Å². The highest BCUT2D eigenvalue weighted by atomic mass is 16.5. The van der Waals surface area contributed by atoms with Crippen LogP contribution in [0.15, 0.2) is 0 Å². The molecule has 0 heterocycles. The maximum atomic E-state index is 11.1. The fourth-order valence-electron chi connectivity index (χ4n) is 9.48. The minimum absolute atomic E-state index is 0.412. The third kappa shape index (κ3) is 4.26. The van der Waals surface area contributed by atoms with Crippen LogP contribution in [0, 0.1) is 46.3 Å². The van der Waals surface area contributed by atoms with Crippen molar-refractivity contribution in [1.29, 1.82) is 0 Å². The van der Waals surface area contributed by atoms with Crippen molar-refractivity contribution < 1.29 is 14.9 Å². The number of methoxy groups -OCH3 is 1. The van der Waals surface area contributed by atoms with E-state index < -0.39 is 11.2 Å². The molecule has 3 nitrogen and oxygen atoms in total. The summed E-state index contributed by atoms with van der Waals surface area (Å²) in [6.07, 6.45) is 13.4. The number of hydrogen-bond acceptors (Lipinski definition) is 3. The normalized spacial score (nSPS) is 48.6. The minimum atomic E-state index is -0.594. The van der Waals surface area contributed by atoms with Crippen LogP contribution in [0.5, 0.6) is 0 Å². The summed E-state index contributed by atoms with van der Waals surface area (Å²) in [6, 6.07) is 0. The van der Waals surface area contributed by atoms with E-state index in [2.05, 4.69) is 20.8 Å². The molecular weight excluding hydrogens is 384 g/mol. The van der Waals surface area contributed by atoms with Gasteiger partial charge in [0.1, 0.15) is 0 Å². The Balaban J connectivity index is 1.47. The van der Waals surface area contributed by atoms with Crippen molar-refractivity contribution in [2.75, 3.05) is 13.7 Å². The van der Waals surface area contributed by atoms with Gasteiger partial charge in [-0.15, -0.1) is 0 Å². The monoisotopic (exact) mass is 434 g/mol. The van der Waals surface area contributed by atoms with Gasteiger partial charge in [0.25, 0.3) is 0 Å². The lowest BCUT2D eigenvalue weighted by atomic mass is 9.43. The third-order valence-electron chi connectivity index (χ3n) is 11.2. The van der Waals surface area contributed by atoms with Gasteiger partial charge < -0.3 is 14.9 Å². The van der Waals surface area contributed by atoms with Gasteiger partial charge in [-0.2, -0.15) is 0 Å². The molecule has 0 radical (unpaired) electrons. The van der Waals surface area contributed by atoms with E-state index in [1.54, 1.807) is 7.11 Å². The number of rotatable bonds is 6. The smallest absolute Gasteiger partial charge is 0.0883 e. The van der Waals surface area contributed by atoms with Gasteiger partial charge in [0.15, 0.2) is 0 Å². The van der Waals surface area contributed by atoms with Crippen LogP contribution in [0.3, 0.4) is 0 Å². The first-order valence-corrected chi connectivity index (χ1v) is 13.4. The maximum Gasteiger partial charge on any atom is 0.0883 e. The molecule has 2 N–H and O–H groups in total. The maximum absolute atomic E-state index is 11.1. The molecule has 0 aromatic carbocycles. The van der Waals surface area contributed by atoms with Gasteiger partial charge in [-0.05, 0) is 131 Å². The van der Waals surface area contributed by atoms with Crippen LogP contribution in [-0.2, 0) is 4.74 Å². The van der Waals surface area contributed by atoms with Crippen molar-refractivity contribution in [3.05, 3.63) is 0 Å². The van der Waals surface area contributed by atoms with Crippen molar-refractivity contribution in [3.8, 4) is 0 Å². The van der Waals surface area contributed by atoms with Gasteiger partial charge in [-0.25, -0.2) is 0 Å². The zero-order chi connectivity index (χ0) is 22.7. The SMILES string of the molecule is COC[C@]1(O)CC[C@]2(C)C3CC[C@@]4(C)C(CC[C@@H]4[C@H](C)CCC(C)(C)O)C3CC[C@@H]2C1. The molecule has 3 unspecified atom stereocenters. The molecule has 180 valence electrons. The van der Waals surface area contributed by atoms with Crippen LogP contribution >= 0.6 is 0 Å². The van der Waals surface area contributed by atoms with E-state index in [0.717, 1.165) is 49.4 Å². The second kappa shape index (κ2) is 8.27. The predicted molar refractivity (Wildman–Crippen MR) is 127 cm³/mol. The quantitative estimate of drug-likeness (QED) is 0.522. The highest BCUT2D eigenvalue weighted by Crippen LogP contribution is 2.68. The first-order valence-electron chi connectivity index (χ1n) is 13.4. The van der Waals surface area contributed by atoms with E-state index in [1.165, 1.54) is 44.9 Å². The summed E-state index contributed by atoms with van der Waals surface area (Å²) in [5.41, 5.74) is -0.226. The molecule has 4 saturated carbocycles. The molecule has 31 heavy (non-hydrogen) atoms. The lowest BCUT2D eigenvalue weighted by Crippen LogP contribution is -2.56. The largest absolute Gasteiger partial charge is 0.390 e. The van der Waals surface area contributed by atoms with E-state index in [0.29, 0.717) is 29.3 Å². The predicted octanol–water partition coefficient (Wildman–Crippen LogP) is 6.21. The lowest BCUT2D eigenvalue weighted by Gasteiger charge is -2.62. The Labute approximate surface area is 191 Å². The highest BCUT2D eigenvalue weighted by Gasteiger charge is 2.61. The van der Waals surface area contributed by atoms with E-state index in [1.807, 2.05) is 13.8 Å².